The maximum atomic E-state index is 10.8. The fraction of sp³-hybridized carbons (Fsp3) is 0.222. The third-order valence-electron chi connectivity index (χ3n) is 2.02. The largest absolute Gasteiger partial charge is 0.478 e. The number of aromatic carboxylic acids is 1. The van der Waals surface area contributed by atoms with Crippen LogP contribution in [0.4, 0.5) is 0 Å². The van der Waals surface area contributed by atoms with Crippen molar-refractivity contribution in [3.63, 3.8) is 0 Å². The number of carbonyl (C=O) groups is 1. The summed E-state index contributed by atoms with van der Waals surface area (Å²) in [6.45, 7) is 3.75. The lowest BCUT2D eigenvalue weighted by molar-refractivity contribution is 0.0692. The Morgan fingerprint density at radius 3 is 2.31 bits per heavy atom. The first-order chi connectivity index (χ1) is 5.95. The molecule has 0 atom stereocenters. The van der Waals surface area contributed by atoms with E-state index in [1.165, 1.54) is 0 Å². The summed E-state index contributed by atoms with van der Waals surface area (Å²) >= 11 is 8.32. The molecule has 0 aliphatic carbocycles. The second-order valence-corrected chi connectivity index (χ2v) is 3.76. The zero-order chi connectivity index (χ0) is 10.2. The molecule has 0 fully saturated rings. The Morgan fingerprint density at radius 1 is 1.31 bits per heavy atom. The van der Waals surface area contributed by atoms with Crippen molar-refractivity contribution >= 4 is 31.2 Å². The van der Waals surface area contributed by atoms with Crippen molar-refractivity contribution in [3.05, 3.63) is 22.8 Å². The quantitative estimate of drug-likeness (QED) is 0.628. The number of rotatable bonds is 1. The molecule has 0 saturated heterocycles. The molecule has 0 amide bonds. The first-order valence-corrected chi connectivity index (χ1v) is 4.60. The zero-order valence-electron chi connectivity index (χ0n) is 7.33. The van der Waals surface area contributed by atoms with Crippen molar-refractivity contribution in [3.8, 4) is 0 Å². The van der Waals surface area contributed by atoms with Gasteiger partial charge in [0.15, 0.2) is 0 Å². The van der Waals surface area contributed by atoms with Crippen LogP contribution in [0.25, 0.3) is 0 Å². The second-order valence-electron chi connectivity index (χ2n) is 2.87. The number of carboxylic acid groups (broad SMARTS) is 1. The van der Waals surface area contributed by atoms with Gasteiger partial charge in [0.1, 0.15) is 0 Å². The Kier molecular flexibility index (Phi) is 2.93. The van der Waals surface area contributed by atoms with Gasteiger partial charge >= 0.3 is 5.97 Å². The summed E-state index contributed by atoms with van der Waals surface area (Å²) < 4.78 is 0. The van der Waals surface area contributed by atoms with Crippen LogP contribution in [0, 0.1) is 13.8 Å². The molecule has 0 saturated carbocycles. The summed E-state index contributed by atoms with van der Waals surface area (Å²) in [4.78, 5) is 11.8. The predicted octanol–water partition coefficient (Wildman–Crippen LogP) is 2.58. The fourth-order valence-electron chi connectivity index (χ4n) is 1.05. The van der Waals surface area contributed by atoms with E-state index < -0.39 is 5.97 Å². The minimum absolute atomic E-state index is 0.205. The van der Waals surface area contributed by atoms with Crippen LogP contribution in [0.3, 0.4) is 0 Å². The molecule has 0 aliphatic rings. The van der Waals surface area contributed by atoms with Crippen molar-refractivity contribution in [2.75, 3.05) is 0 Å². The van der Waals surface area contributed by atoms with Gasteiger partial charge in [-0.15, -0.1) is 25.3 Å². The van der Waals surface area contributed by atoms with Crippen molar-refractivity contribution in [2.45, 2.75) is 23.6 Å². The van der Waals surface area contributed by atoms with Gasteiger partial charge in [-0.3, -0.25) is 0 Å². The van der Waals surface area contributed by atoms with Crippen LogP contribution >= 0.6 is 25.3 Å². The maximum absolute atomic E-state index is 10.8. The van der Waals surface area contributed by atoms with E-state index in [0.29, 0.717) is 9.79 Å². The van der Waals surface area contributed by atoms with Crippen molar-refractivity contribution in [2.24, 2.45) is 0 Å². The smallest absolute Gasteiger partial charge is 0.336 e. The average Bonchev–Trinajstić information content (AvgIpc) is 2.07. The highest BCUT2D eigenvalue weighted by Crippen LogP contribution is 2.28. The standard InChI is InChI=1S/C9H10O2S2/c1-4-3-6(9(10)11)8(13)7(12)5(4)2/h3,12-13H,1-2H3,(H,10,11). The Balaban J connectivity index is 3.50. The monoisotopic (exact) mass is 214 g/mol. The lowest BCUT2D eigenvalue weighted by Gasteiger charge is -2.09. The first-order valence-electron chi connectivity index (χ1n) is 3.70. The molecule has 0 aliphatic heterocycles. The zero-order valence-corrected chi connectivity index (χ0v) is 9.12. The number of hydrogen-bond donors (Lipinski definition) is 3. The molecular formula is C9H10O2S2. The van der Waals surface area contributed by atoms with Gasteiger partial charge in [-0.2, -0.15) is 0 Å². The molecule has 0 bridgehead atoms. The summed E-state index contributed by atoms with van der Waals surface area (Å²) in [5.41, 5.74) is 2.09. The van der Waals surface area contributed by atoms with Crippen LogP contribution in [-0.2, 0) is 0 Å². The van der Waals surface area contributed by atoms with Gasteiger partial charge in [-0.25, -0.2) is 4.79 Å². The van der Waals surface area contributed by atoms with E-state index in [2.05, 4.69) is 25.3 Å². The molecule has 4 heteroatoms. The van der Waals surface area contributed by atoms with Crippen LogP contribution in [0.5, 0.6) is 0 Å². The van der Waals surface area contributed by atoms with Crippen LogP contribution < -0.4 is 0 Å². The number of thiol groups is 2. The third kappa shape index (κ3) is 1.84. The SMILES string of the molecule is Cc1cc(C(=O)O)c(S)c(S)c1C. The maximum Gasteiger partial charge on any atom is 0.336 e. The molecule has 1 aromatic carbocycles. The van der Waals surface area contributed by atoms with E-state index in [-0.39, 0.29) is 5.56 Å². The van der Waals surface area contributed by atoms with Gasteiger partial charge in [0.05, 0.1) is 5.56 Å². The van der Waals surface area contributed by atoms with E-state index >= 15 is 0 Å². The minimum Gasteiger partial charge on any atom is -0.478 e. The van der Waals surface area contributed by atoms with Crippen LogP contribution in [-0.4, -0.2) is 11.1 Å². The van der Waals surface area contributed by atoms with E-state index in [4.69, 9.17) is 5.11 Å². The number of hydrogen-bond acceptors (Lipinski definition) is 3. The Hall–Kier alpha value is -0.610. The number of benzene rings is 1. The highest BCUT2D eigenvalue weighted by molar-refractivity contribution is 7.83. The van der Waals surface area contributed by atoms with Crippen molar-refractivity contribution < 1.29 is 9.90 Å². The summed E-state index contributed by atoms with van der Waals surface area (Å²) in [6.07, 6.45) is 0. The highest BCUT2D eigenvalue weighted by atomic mass is 32.1. The molecule has 0 heterocycles. The van der Waals surface area contributed by atoms with Crippen LogP contribution in [0.2, 0.25) is 0 Å². The Morgan fingerprint density at radius 2 is 1.85 bits per heavy atom. The number of carboxylic acids is 1. The molecule has 0 spiro atoms. The minimum atomic E-state index is -0.969. The van der Waals surface area contributed by atoms with Crippen LogP contribution in [0.1, 0.15) is 21.5 Å². The van der Waals surface area contributed by atoms with E-state index in [9.17, 15) is 4.79 Å². The summed E-state index contributed by atoms with van der Waals surface area (Å²) in [6, 6.07) is 1.61. The van der Waals surface area contributed by atoms with Crippen molar-refractivity contribution in [1.82, 2.24) is 0 Å². The Labute approximate surface area is 87.8 Å². The summed E-state index contributed by atoms with van der Waals surface area (Å²) in [7, 11) is 0. The second kappa shape index (κ2) is 3.64. The molecule has 70 valence electrons. The van der Waals surface area contributed by atoms with Gasteiger partial charge < -0.3 is 5.11 Å². The van der Waals surface area contributed by atoms with Gasteiger partial charge in [-0.1, -0.05) is 0 Å². The third-order valence-corrected chi connectivity index (χ3v) is 3.22. The van der Waals surface area contributed by atoms with E-state index in [1.54, 1.807) is 6.07 Å². The van der Waals surface area contributed by atoms with E-state index in [1.807, 2.05) is 13.8 Å². The van der Waals surface area contributed by atoms with Gasteiger partial charge in [0.2, 0.25) is 0 Å². The molecule has 0 unspecified atom stereocenters. The van der Waals surface area contributed by atoms with Crippen molar-refractivity contribution in [1.29, 1.82) is 0 Å². The molecule has 1 aromatic rings. The van der Waals surface area contributed by atoms with Gasteiger partial charge in [0, 0.05) is 9.79 Å². The van der Waals surface area contributed by atoms with Gasteiger partial charge in [0.25, 0.3) is 0 Å². The predicted molar refractivity (Wildman–Crippen MR) is 57.4 cm³/mol. The van der Waals surface area contributed by atoms with Gasteiger partial charge in [-0.05, 0) is 31.0 Å². The first kappa shape index (κ1) is 10.5. The number of aryl methyl sites for hydroxylation is 1. The highest BCUT2D eigenvalue weighted by Gasteiger charge is 2.13. The molecule has 1 N–H and O–H groups in total. The Bertz CT molecular complexity index is 372. The lowest BCUT2D eigenvalue weighted by Crippen LogP contribution is -2.01. The molecule has 2 nitrogen and oxygen atoms in total. The molecular weight excluding hydrogens is 204 g/mol. The van der Waals surface area contributed by atoms with E-state index in [0.717, 1.165) is 11.1 Å². The topological polar surface area (TPSA) is 37.3 Å². The lowest BCUT2D eigenvalue weighted by atomic mass is 10.1. The molecule has 0 aromatic heterocycles. The molecule has 13 heavy (non-hydrogen) atoms. The summed E-state index contributed by atoms with van der Waals surface area (Å²) in [5, 5.41) is 8.82. The summed E-state index contributed by atoms with van der Waals surface area (Å²) in [5.74, 6) is -0.969. The fourth-order valence-corrected chi connectivity index (χ4v) is 1.67. The normalized spacial score (nSPS) is 10.2. The average molecular weight is 214 g/mol. The molecule has 0 radical (unpaired) electrons. The van der Waals surface area contributed by atoms with Crippen LogP contribution in [0.15, 0.2) is 15.9 Å². The molecule has 1 rings (SSSR count).